The van der Waals surface area contributed by atoms with Gasteiger partial charge in [0.25, 0.3) is 0 Å². The summed E-state index contributed by atoms with van der Waals surface area (Å²) in [6, 6.07) is 8.71. The summed E-state index contributed by atoms with van der Waals surface area (Å²) in [4.78, 5) is 0. The van der Waals surface area contributed by atoms with E-state index < -0.39 is 0 Å². The minimum atomic E-state index is 1.06. The lowest BCUT2D eigenvalue weighted by Gasteiger charge is -1.99. The minimum Gasteiger partial charge on any atom is -0.0807 e. The summed E-state index contributed by atoms with van der Waals surface area (Å²) in [5.74, 6) is 0. The first-order chi connectivity index (χ1) is 6.95. The predicted molar refractivity (Wildman–Crippen MR) is 60.0 cm³/mol. The van der Waals surface area contributed by atoms with E-state index in [0.29, 0.717) is 0 Å². The lowest BCUT2D eigenvalue weighted by atomic mass is 10.1. The van der Waals surface area contributed by atoms with Crippen molar-refractivity contribution in [3.8, 4) is 0 Å². The smallest absolute Gasteiger partial charge is 0.00136 e. The van der Waals surface area contributed by atoms with Crippen molar-refractivity contribution in [1.82, 2.24) is 0 Å². The first-order valence-electron chi connectivity index (χ1n) is 5.09. The van der Waals surface area contributed by atoms with Crippen LogP contribution in [0.3, 0.4) is 0 Å². The van der Waals surface area contributed by atoms with Gasteiger partial charge >= 0.3 is 0 Å². The van der Waals surface area contributed by atoms with E-state index >= 15 is 0 Å². The Labute approximate surface area is 84.3 Å². The summed E-state index contributed by atoms with van der Waals surface area (Å²) in [7, 11) is 0. The molecule has 3 rings (SSSR count). The molecule has 0 aliphatic heterocycles. The summed E-state index contributed by atoms with van der Waals surface area (Å²) in [5, 5.41) is 0. The molecule has 0 atom stereocenters. The van der Waals surface area contributed by atoms with Crippen molar-refractivity contribution in [3.63, 3.8) is 0 Å². The zero-order valence-electron chi connectivity index (χ0n) is 8.03. The van der Waals surface area contributed by atoms with E-state index in [0.717, 1.165) is 12.8 Å². The standard InChI is InChI=1S/C14H12/c1-2-6-11-10-12-7-4-5-9-14(12)13(11)8-3-1/h1-2,4-9H,3,10H2. The van der Waals surface area contributed by atoms with E-state index in [1.807, 2.05) is 0 Å². The molecule has 0 radical (unpaired) electrons. The highest BCUT2D eigenvalue weighted by Gasteiger charge is 2.19. The molecule has 1 aromatic rings. The van der Waals surface area contributed by atoms with Crippen LogP contribution in [0.15, 0.2) is 54.1 Å². The van der Waals surface area contributed by atoms with E-state index in [9.17, 15) is 0 Å². The molecular weight excluding hydrogens is 168 g/mol. The molecule has 0 N–H and O–H groups in total. The highest BCUT2D eigenvalue weighted by Crippen LogP contribution is 2.37. The molecule has 0 aromatic heterocycles. The molecule has 0 spiro atoms. The van der Waals surface area contributed by atoms with Gasteiger partial charge in [-0.05, 0) is 35.1 Å². The summed E-state index contributed by atoms with van der Waals surface area (Å²) in [6.45, 7) is 0. The van der Waals surface area contributed by atoms with Crippen LogP contribution < -0.4 is 0 Å². The van der Waals surface area contributed by atoms with Crippen LogP contribution in [0.1, 0.15) is 17.5 Å². The Bertz CT molecular complexity index is 459. The summed E-state index contributed by atoms with van der Waals surface area (Å²) in [5.41, 5.74) is 5.83. The molecule has 0 heteroatoms. The highest BCUT2D eigenvalue weighted by molar-refractivity contribution is 5.86. The third kappa shape index (κ3) is 1.07. The normalized spacial score (nSPS) is 18.0. The average Bonchev–Trinajstić information content (AvgIpc) is 2.42. The number of rotatable bonds is 0. The fourth-order valence-corrected chi connectivity index (χ4v) is 2.25. The topological polar surface area (TPSA) is 0 Å². The molecule has 14 heavy (non-hydrogen) atoms. The van der Waals surface area contributed by atoms with E-state index in [1.165, 1.54) is 22.3 Å². The Balaban J connectivity index is 2.20. The third-order valence-corrected chi connectivity index (χ3v) is 2.93. The van der Waals surface area contributed by atoms with Crippen LogP contribution in [-0.4, -0.2) is 0 Å². The molecule has 0 nitrogen and oxygen atoms in total. The molecule has 68 valence electrons. The predicted octanol–water partition coefficient (Wildman–Crippen LogP) is 3.51. The maximum Gasteiger partial charge on any atom is -0.00136 e. The maximum atomic E-state index is 2.33. The van der Waals surface area contributed by atoms with Crippen molar-refractivity contribution in [2.24, 2.45) is 0 Å². The van der Waals surface area contributed by atoms with Crippen LogP contribution in [0, 0.1) is 0 Å². The Hall–Kier alpha value is -1.56. The van der Waals surface area contributed by atoms with Crippen molar-refractivity contribution in [1.29, 1.82) is 0 Å². The first kappa shape index (κ1) is 7.81. The molecule has 0 amide bonds. The van der Waals surface area contributed by atoms with Crippen molar-refractivity contribution >= 4 is 5.57 Å². The fraction of sp³-hybridized carbons (Fsp3) is 0.143. The zero-order valence-corrected chi connectivity index (χ0v) is 8.03. The third-order valence-electron chi connectivity index (χ3n) is 2.93. The maximum absolute atomic E-state index is 2.33. The van der Waals surface area contributed by atoms with Crippen molar-refractivity contribution in [3.05, 3.63) is 65.3 Å². The molecule has 0 saturated carbocycles. The zero-order chi connectivity index (χ0) is 9.38. The van der Waals surface area contributed by atoms with Gasteiger partial charge in [-0.2, -0.15) is 0 Å². The minimum absolute atomic E-state index is 1.06. The quantitative estimate of drug-likeness (QED) is 0.573. The van der Waals surface area contributed by atoms with Gasteiger partial charge < -0.3 is 0 Å². The Morgan fingerprint density at radius 1 is 1.07 bits per heavy atom. The van der Waals surface area contributed by atoms with E-state index in [1.54, 1.807) is 0 Å². The first-order valence-corrected chi connectivity index (χ1v) is 5.09. The number of allylic oxidation sites excluding steroid dienone is 6. The number of hydrogen-bond acceptors (Lipinski definition) is 0. The van der Waals surface area contributed by atoms with Crippen LogP contribution >= 0.6 is 0 Å². The fourth-order valence-electron chi connectivity index (χ4n) is 2.25. The van der Waals surface area contributed by atoms with Gasteiger partial charge in [-0.1, -0.05) is 48.6 Å². The Kier molecular flexibility index (Phi) is 1.66. The van der Waals surface area contributed by atoms with Crippen molar-refractivity contribution < 1.29 is 0 Å². The molecule has 1 aromatic carbocycles. The van der Waals surface area contributed by atoms with Crippen LogP contribution in [0.4, 0.5) is 0 Å². The van der Waals surface area contributed by atoms with Gasteiger partial charge in [0.2, 0.25) is 0 Å². The van der Waals surface area contributed by atoms with E-state index in [4.69, 9.17) is 0 Å². The van der Waals surface area contributed by atoms with Crippen LogP contribution in [0.5, 0.6) is 0 Å². The number of fused-ring (bicyclic) bond motifs is 3. The van der Waals surface area contributed by atoms with Gasteiger partial charge in [-0.15, -0.1) is 0 Å². The molecule has 2 aliphatic carbocycles. The van der Waals surface area contributed by atoms with E-state index in [-0.39, 0.29) is 0 Å². The van der Waals surface area contributed by atoms with Crippen molar-refractivity contribution in [2.75, 3.05) is 0 Å². The average molecular weight is 180 g/mol. The molecule has 0 bridgehead atoms. The van der Waals surface area contributed by atoms with Gasteiger partial charge in [-0.25, -0.2) is 0 Å². The lowest BCUT2D eigenvalue weighted by Crippen LogP contribution is -1.78. The van der Waals surface area contributed by atoms with Gasteiger partial charge in [0, 0.05) is 0 Å². The summed E-state index contributed by atoms with van der Waals surface area (Å²) < 4.78 is 0. The monoisotopic (exact) mass is 180 g/mol. The number of hydrogen-bond donors (Lipinski definition) is 0. The number of benzene rings is 1. The van der Waals surface area contributed by atoms with Crippen LogP contribution in [0.2, 0.25) is 0 Å². The second-order valence-corrected chi connectivity index (χ2v) is 3.81. The van der Waals surface area contributed by atoms with Crippen LogP contribution in [0.25, 0.3) is 5.57 Å². The lowest BCUT2D eigenvalue weighted by molar-refractivity contribution is 1.27. The second-order valence-electron chi connectivity index (χ2n) is 3.81. The summed E-state index contributed by atoms with van der Waals surface area (Å²) >= 11 is 0. The SMILES string of the molecule is C1=CCC=C2C(=C1)Cc1ccccc12. The highest BCUT2D eigenvalue weighted by atomic mass is 14.2. The van der Waals surface area contributed by atoms with Gasteiger partial charge in [0.15, 0.2) is 0 Å². The molecule has 2 aliphatic rings. The molecule has 0 unspecified atom stereocenters. The Morgan fingerprint density at radius 3 is 3.00 bits per heavy atom. The van der Waals surface area contributed by atoms with E-state index in [2.05, 4.69) is 48.6 Å². The van der Waals surface area contributed by atoms with Crippen LogP contribution in [-0.2, 0) is 6.42 Å². The van der Waals surface area contributed by atoms with Crippen molar-refractivity contribution in [2.45, 2.75) is 12.8 Å². The molecular formula is C14H12. The summed E-state index contributed by atoms with van der Waals surface area (Å²) in [6.07, 6.45) is 11.1. The molecule has 0 heterocycles. The van der Waals surface area contributed by atoms with Gasteiger partial charge in [0.1, 0.15) is 0 Å². The second kappa shape index (κ2) is 2.98. The van der Waals surface area contributed by atoms with Gasteiger partial charge in [-0.3, -0.25) is 0 Å². The Morgan fingerprint density at radius 2 is 2.00 bits per heavy atom. The molecule has 0 fully saturated rings. The largest absolute Gasteiger partial charge is 0.0807 e. The van der Waals surface area contributed by atoms with Gasteiger partial charge in [0.05, 0.1) is 0 Å². The molecule has 0 saturated heterocycles.